The summed E-state index contributed by atoms with van der Waals surface area (Å²) in [5.74, 6) is -0.134. The average molecular weight is 500 g/mol. The van der Waals surface area contributed by atoms with Crippen LogP contribution in [0.15, 0.2) is 59.2 Å². The molecule has 32 heavy (non-hydrogen) atoms. The van der Waals surface area contributed by atoms with E-state index in [-0.39, 0.29) is 5.70 Å². The highest BCUT2D eigenvalue weighted by molar-refractivity contribution is 9.10. The molecule has 1 saturated heterocycles. The molecule has 1 aliphatic rings. The first-order valence-electron chi connectivity index (χ1n) is 9.64. The quantitative estimate of drug-likeness (QED) is 0.326. The average Bonchev–Trinajstić information content (AvgIpc) is 3.01. The van der Waals surface area contributed by atoms with Crippen LogP contribution in [0.5, 0.6) is 11.5 Å². The van der Waals surface area contributed by atoms with Gasteiger partial charge in [-0.3, -0.25) is 9.59 Å². The van der Waals surface area contributed by atoms with Crippen LogP contribution in [0.2, 0.25) is 0 Å². The largest absolute Gasteiger partial charge is 0.493 e. The maximum atomic E-state index is 12.7. The van der Waals surface area contributed by atoms with Gasteiger partial charge in [0.15, 0.2) is 11.5 Å². The third-order valence-electron chi connectivity index (χ3n) is 4.51. The highest BCUT2D eigenvalue weighted by Crippen LogP contribution is 2.35. The second-order valence-corrected chi connectivity index (χ2v) is 7.78. The van der Waals surface area contributed by atoms with Crippen molar-refractivity contribution < 1.29 is 23.9 Å². The molecule has 0 aliphatic carbocycles. The summed E-state index contributed by atoms with van der Waals surface area (Å²) < 4.78 is 11.5. The minimum Gasteiger partial charge on any atom is -0.493 e. The third kappa shape index (κ3) is 5.36. The van der Waals surface area contributed by atoms with Gasteiger partial charge in [-0.25, -0.2) is 9.69 Å². The summed E-state index contributed by atoms with van der Waals surface area (Å²) in [6, 6.07) is 9.92. The molecule has 2 aromatic carbocycles. The predicted octanol–water partition coefficient (Wildman–Crippen LogP) is 3.86. The standard InChI is InChI=1S/C23H22BrN3O5/c1-4-8-32-20-12-17(24)15(11-19(20)31-3)10-18-22(29)27(23(30)26-18)13-21(28)25-16-7-5-6-14(2)9-16/h4-7,9-12H,1,8,13H2,2-3H3,(H,25,28)(H,26,30)/b18-10+. The molecule has 0 aromatic heterocycles. The van der Waals surface area contributed by atoms with Crippen LogP contribution in [0.4, 0.5) is 10.5 Å². The van der Waals surface area contributed by atoms with Crippen LogP contribution in [-0.4, -0.2) is 43.0 Å². The molecule has 0 atom stereocenters. The number of hydrogen-bond acceptors (Lipinski definition) is 5. The van der Waals surface area contributed by atoms with Crippen LogP contribution in [0.3, 0.4) is 0 Å². The van der Waals surface area contributed by atoms with E-state index >= 15 is 0 Å². The number of anilines is 1. The monoisotopic (exact) mass is 499 g/mol. The van der Waals surface area contributed by atoms with Gasteiger partial charge in [-0.05, 0) is 48.4 Å². The zero-order valence-electron chi connectivity index (χ0n) is 17.6. The molecule has 1 aliphatic heterocycles. The lowest BCUT2D eigenvalue weighted by molar-refractivity contribution is -0.127. The molecule has 0 bridgehead atoms. The van der Waals surface area contributed by atoms with Gasteiger partial charge in [0, 0.05) is 10.2 Å². The number of nitrogens with one attached hydrogen (secondary N) is 2. The first-order chi connectivity index (χ1) is 15.3. The molecule has 2 aromatic rings. The first-order valence-corrected chi connectivity index (χ1v) is 10.4. The van der Waals surface area contributed by atoms with E-state index in [1.807, 2.05) is 13.0 Å². The molecule has 0 radical (unpaired) electrons. The number of amides is 4. The van der Waals surface area contributed by atoms with Gasteiger partial charge in [0.25, 0.3) is 5.91 Å². The van der Waals surface area contributed by atoms with E-state index < -0.39 is 24.4 Å². The summed E-state index contributed by atoms with van der Waals surface area (Å²) in [5.41, 5.74) is 2.20. The number of rotatable bonds is 8. The van der Waals surface area contributed by atoms with Gasteiger partial charge in [0.2, 0.25) is 5.91 Å². The SMILES string of the molecule is C=CCOc1cc(Br)c(/C=C2/NC(=O)N(CC(=O)Nc3cccc(C)c3)C2=O)cc1OC. The van der Waals surface area contributed by atoms with Gasteiger partial charge in [0.1, 0.15) is 18.8 Å². The van der Waals surface area contributed by atoms with Gasteiger partial charge >= 0.3 is 6.03 Å². The Morgan fingerprint density at radius 1 is 1.25 bits per heavy atom. The molecule has 9 heteroatoms. The van der Waals surface area contributed by atoms with E-state index in [1.54, 1.807) is 36.4 Å². The number of aryl methyl sites for hydroxylation is 1. The minimum absolute atomic E-state index is 0.0425. The number of carbonyl (C=O) groups is 3. The summed E-state index contributed by atoms with van der Waals surface area (Å²) in [4.78, 5) is 38.3. The molecule has 1 fully saturated rings. The van der Waals surface area contributed by atoms with Crippen LogP contribution in [-0.2, 0) is 9.59 Å². The number of benzene rings is 2. The van der Waals surface area contributed by atoms with Crippen molar-refractivity contribution in [2.75, 3.05) is 25.6 Å². The Hall–Kier alpha value is -3.59. The Morgan fingerprint density at radius 2 is 2.03 bits per heavy atom. The summed E-state index contributed by atoms with van der Waals surface area (Å²) in [6.07, 6.45) is 3.11. The maximum Gasteiger partial charge on any atom is 0.329 e. The molecule has 0 spiro atoms. The van der Waals surface area contributed by atoms with Crippen molar-refractivity contribution in [2.45, 2.75) is 6.92 Å². The molecule has 3 rings (SSSR count). The molecule has 166 valence electrons. The van der Waals surface area contributed by atoms with Crippen molar-refractivity contribution in [1.29, 1.82) is 0 Å². The second-order valence-electron chi connectivity index (χ2n) is 6.92. The Morgan fingerprint density at radius 3 is 2.72 bits per heavy atom. The smallest absolute Gasteiger partial charge is 0.329 e. The molecule has 8 nitrogen and oxygen atoms in total. The summed E-state index contributed by atoms with van der Waals surface area (Å²) in [5, 5.41) is 5.19. The van der Waals surface area contributed by atoms with E-state index in [1.165, 1.54) is 13.2 Å². The van der Waals surface area contributed by atoms with Crippen LogP contribution in [0.25, 0.3) is 6.08 Å². The van der Waals surface area contributed by atoms with Crippen LogP contribution >= 0.6 is 15.9 Å². The number of urea groups is 1. The molecule has 0 unspecified atom stereocenters. The van der Waals surface area contributed by atoms with Gasteiger partial charge in [0.05, 0.1) is 7.11 Å². The molecular weight excluding hydrogens is 478 g/mol. The van der Waals surface area contributed by atoms with E-state index in [0.29, 0.717) is 33.8 Å². The molecule has 1 heterocycles. The van der Waals surface area contributed by atoms with Gasteiger partial charge in [-0.1, -0.05) is 40.7 Å². The van der Waals surface area contributed by atoms with Gasteiger partial charge in [-0.2, -0.15) is 0 Å². The Kier molecular flexibility index (Phi) is 7.32. The van der Waals surface area contributed by atoms with Crippen molar-refractivity contribution in [3.8, 4) is 11.5 Å². The van der Waals surface area contributed by atoms with Gasteiger partial charge in [-0.15, -0.1) is 0 Å². The number of methoxy groups -OCH3 is 1. The zero-order chi connectivity index (χ0) is 23.3. The van der Waals surface area contributed by atoms with Crippen molar-refractivity contribution in [1.82, 2.24) is 10.2 Å². The van der Waals surface area contributed by atoms with Gasteiger partial charge < -0.3 is 20.1 Å². The number of nitrogens with zero attached hydrogens (tertiary/aromatic N) is 1. The third-order valence-corrected chi connectivity index (χ3v) is 5.19. The lowest BCUT2D eigenvalue weighted by Crippen LogP contribution is -2.38. The lowest BCUT2D eigenvalue weighted by Gasteiger charge is -2.12. The fourth-order valence-electron chi connectivity index (χ4n) is 3.02. The van der Waals surface area contributed by atoms with E-state index in [9.17, 15) is 14.4 Å². The number of imide groups is 1. The highest BCUT2D eigenvalue weighted by atomic mass is 79.9. The van der Waals surface area contributed by atoms with Crippen LogP contribution in [0, 0.1) is 6.92 Å². The Balaban J connectivity index is 1.76. The van der Waals surface area contributed by atoms with E-state index in [0.717, 1.165) is 10.5 Å². The highest BCUT2D eigenvalue weighted by Gasteiger charge is 2.35. The summed E-state index contributed by atoms with van der Waals surface area (Å²) in [7, 11) is 1.50. The summed E-state index contributed by atoms with van der Waals surface area (Å²) in [6.45, 7) is 5.41. The number of ether oxygens (including phenoxy) is 2. The fraction of sp³-hybridized carbons (Fsp3) is 0.174. The van der Waals surface area contributed by atoms with Crippen molar-refractivity contribution in [3.63, 3.8) is 0 Å². The Labute approximate surface area is 194 Å². The first kappa shape index (κ1) is 23.1. The van der Waals surface area contributed by atoms with E-state index in [2.05, 4.69) is 33.1 Å². The predicted molar refractivity (Wildman–Crippen MR) is 124 cm³/mol. The van der Waals surface area contributed by atoms with Crippen molar-refractivity contribution >= 4 is 45.5 Å². The van der Waals surface area contributed by atoms with Crippen molar-refractivity contribution in [2.24, 2.45) is 0 Å². The lowest BCUT2D eigenvalue weighted by atomic mass is 10.1. The maximum absolute atomic E-state index is 12.7. The van der Waals surface area contributed by atoms with Crippen LogP contribution < -0.4 is 20.1 Å². The van der Waals surface area contributed by atoms with E-state index in [4.69, 9.17) is 9.47 Å². The number of carbonyl (C=O) groups excluding carboxylic acids is 3. The fourth-order valence-corrected chi connectivity index (χ4v) is 3.46. The zero-order valence-corrected chi connectivity index (χ0v) is 19.2. The second kappa shape index (κ2) is 10.1. The molecule has 0 saturated carbocycles. The Bertz CT molecular complexity index is 1110. The molecule has 4 amide bonds. The number of hydrogen-bond donors (Lipinski definition) is 2. The molecule has 2 N–H and O–H groups in total. The molecular formula is C23H22BrN3O5. The normalized spacial score (nSPS) is 14.3. The van der Waals surface area contributed by atoms with Crippen molar-refractivity contribution in [3.05, 3.63) is 70.3 Å². The number of halogens is 1. The topological polar surface area (TPSA) is 97.0 Å². The van der Waals surface area contributed by atoms with Crippen LogP contribution in [0.1, 0.15) is 11.1 Å². The minimum atomic E-state index is -0.672. The summed E-state index contributed by atoms with van der Waals surface area (Å²) >= 11 is 3.44.